The van der Waals surface area contributed by atoms with Gasteiger partial charge >= 0.3 is 0 Å². The molecule has 0 radical (unpaired) electrons. The summed E-state index contributed by atoms with van der Waals surface area (Å²) < 4.78 is 0. The van der Waals surface area contributed by atoms with E-state index >= 15 is 0 Å². The molecule has 0 amide bonds. The van der Waals surface area contributed by atoms with Crippen LogP contribution in [0.3, 0.4) is 0 Å². The van der Waals surface area contributed by atoms with Crippen LogP contribution in [0.15, 0.2) is 47.6 Å². The highest BCUT2D eigenvalue weighted by Crippen LogP contribution is 2.21. The van der Waals surface area contributed by atoms with Gasteiger partial charge in [-0.3, -0.25) is 15.5 Å². The Kier molecular flexibility index (Phi) is 4.73. The first-order valence-corrected chi connectivity index (χ1v) is 6.88. The molecule has 2 aromatic carbocycles. The van der Waals surface area contributed by atoms with Crippen molar-refractivity contribution in [2.75, 3.05) is 5.43 Å². The number of aryl methyl sites for hydroxylation is 1. The molecule has 6 heteroatoms. The highest BCUT2D eigenvalue weighted by atomic mass is 16.6. The van der Waals surface area contributed by atoms with Crippen LogP contribution in [0.5, 0.6) is 5.75 Å². The molecule has 0 spiro atoms. The van der Waals surface area contributed by atoms with E-state index in [0.717, 1.165) is 5.56 Å². The van der Waals surface area contributed by atoms with Gasteiger partial charge in [0.2, 0.25) is 0 Å². The Morgan fingerprint density at radius 3 is 2.77 bits per heavy atom. The van der Waals surface area contributed by atoms with Gasteiger partial charge in [-0.15, -0.1) is 0 Å². The predicted octanol–water partition coefficient (Wildman–Crippen LogP) is 3.84. The molecule has 0 aliphatic heterocycles. The van der Waals surface area contributed by atoms with Crippen LogP contribution < -0.4 is 5.43 Å². The minimum absolute atomic E-state index is 0.00310. The molecule has 0 heterocycles. The van der Waals surface area contributed by atoms with Gasteiger partial charge in [-0.2, -0.15) is 5.10 Å². The van der Waals surface area contributed by atoms with E-state index in [4.69, 9.17) is 0 Å². The van der Waals surface area contributed by atoms with Crippen LogP contribution >= 0.6 is 0 Å². The molecule has 0 aliphatic rings. The van der Waals surface area contributed by atoms with Crippen LogP contribution in [0.4, 0.5) is 11.4 Å². The zero-order chi connectivity index (χ0) is 16.1. The fraction of sp³-hybridized carbons (Fsp3) is 0.188. The Morgan fingerprint density at radius 2 is 2.09 bits per heavy atom. The third-order valence-corrected chi connectivity index (χ3v) is 3.17. The van der Waals surface area contributed by atoms with E-state index in [2.05, 4.69) is 10.5 Å². The number of aromatic hydroxyl groups is 1. The van der Waals surface area contributed by atoms with Gasteiger partial charge in [0, 0.05) is 17.7 Å². The lowest BCUT2D eigenvalue weighted by Gasteiger charge is -2.09. The summed E-state index contributed by atoms with van der Waals surface area (Å²) >= 11 is 0. The number of non-ortho nitro benzene ring substituents is 1. The highest BCUT2D eigenvalue weighted by molar-refractivity contribution is 6.03. The van der Waals surface area contributed by atoms with Crippen LogP contribution in [0, 0.1) is 17.0 Å². The number of nitrogens with zero attached hydrogens (tertiary/aromatic N) is 2. The monoisotopic (exact) mass is 299 g/mol. The van der Waals surface area contributed by atoms with Crippen LogP contribution in [-0.2, 0) is 0 Å². The number of rotatable bonds is 5. The van der Waals surface area contributed by atoms with Crippen molar-refractivity contribution in [3.05, 3.63) is 63.7 Å². The van der Waals surface area contributed by atoms with Crippen molar-refractivity contribution in [3.63, 3.8) is 0 Å². The second kappa shape index (κ2) is 6.71. The van der Waals surface area contributed by atoms with Gasteiger partial charge in [0.1, 0.15) is 5.75 Å². The van der Waals surface area contributed by atoms with E-state index in [1.165, 1.54) is 12.1 Å². The molecule has 2 N–H and O–H groups in total. The molecule has 0 bridgehead atoms. The maximum absolute atomic E-state index is 10.8. The molecule has 2 rings (SSSR count). The number of hydrazone groups is 1. The maximum atomic E-state index is 10.8. The lowest BCUT2D eigenvalue weighted by atomic mass is 10.0. The van der Waals surface area contributed by atoms with Crippen molar-refractivity contribution >= 4 is 17.1 Å². The summed E-state index contributed by atoms with van der Waals surface area (Å²) in [5.41, 5.74) is 5.67. The number of hydrogen-bond acceptors (Lipinski definition) is 5. The summed E-state index contributed by atoms with van der Waals surface area (Å²) in [6, 6.07) is 11.4. The Balaban J connectivity index is 2.28. The summed E-state index contributed by atoms with van der Waals surface area (Å²) in [7, 11) is 0. The summed E-state index contributed by atoms with van der Waals surface area (Å²) in [4.78, 5) is 10.3. The lowest BCUT2D eigenvalue weighted by molar-refractivity contribution is -0.384. The summed E-state index contributed by atoms with van der Waals surface area (Å²) in [5.74, 6) is 0.159. The zero-order valence-electron chi connectivity index (χ0n) is 12.4. The molecular weight excluding hydrogens is 282 g/mol. The highest BCUT2D eigenvalue weighted by Gasteiger charge is 2.09. The Labute approximate surface area is 128 Å². The topological polar surface area (TPSA) is 87.8 Å². The van der Waals surface area contributed by atoms with Crippen molar-refractivity contribution < 1.29 is 10.0 Å². The van der Waals surface area contributed by atoms with E-state index in [1.54, 1.807) is 18.2 Å². The molecule has 0 saturated heterocycles. The minimum Gasteiger partial charge on any atom is -0.507 e. The quantitative estimate of drug-likeness (QED) is 0.499. The smallest absolute Gasteiger partial charge is 0.271 e. The fourth-order valence-corrected chi connectivity index (χ4v) is 2.03. The molecule has 0 aromatic heterocycles. The van der Waals surface area contributed by atoms with E-state index < -0.39 is 4.92 Å². The second-order valence-corrected chi connectivity index (χ2v) is 4.85. The second-order valence-electron chi connectivity index (χ2n) is 4.85. The number of nitrogens with one attached hydrogen (secondary N) is 1. The molecule has 0 saturated carbocycles. The minimum atomic E-state index is -0.456. The number of benzene rings is 2. The Hall–Kier alpha value is -2.89. The van der Waals surface area contributed by atoms with Crippen LogP contribution in [0.25, 0.3) is 0 Å². The van der Waals surface area contributed by atoms with Crippen molar-refractivity contribution in [1.82, 2.24) is 0 Å². The maximum Gasteiger partial charge on any atom is 0.271 e. The first kappa shape index (κ1) is 15.5. The SMILES string of the molecule is CC/C(=N\Nc1cccc([N+](=O)[O-])c1)c1cc(C)ccc1O. The van der Waals surface area contributed by atoms with Crippen molar-refractivity contribution in [1.29, 1.82) is 0 Å². The molecule has 2 aromatic rings. The standard InChI is InChI=1S/C16H17N3O3/c1-3-15(14-9-11(2)7-8-16(14)20)18-17-12-5-4-6-13(10-12)19(21)22/h4-10,17,20H,3H2,1-2H3/b18-15+. The molecule has 0 unspecified atom stereocenters. The average Bonchev–Trinajstić information content (AvgIpc) is 2.51. The molecule has 114 valence electrons. The van der Waals surface area contributed by atoms with Crippen molar-refractivity contribution in [2.24, 2.45) is 5.10 Å². The van der Waals surface area contributed by atoms with E-state index in [9.17, 15) is 15.2 Å². The van der Waals surface area contributed by atoms with Crippen LogP contribution in [0.1, 0.15) is 24.5 Å². The fourth-order valence-electron chi connectivity index (χ4n) is 2.03. The first-order valence-electron chi connectivity index (χ1n) is 6.88. The van der Waals surface area contributed by atoms with E-state index in [-0.39, 0.29) is 11.4 Å². The predicted molar refractivity (Wildman–Crippen MR) is 86.4 cm³/mol. The summed E-state index contributed by atoms with van der Waals surface area (Å²) in [5, 5.41) is 25.0. The van der Waals surface area contributed by atoms with Gasteiger partial charge in [-0.25, -0.2) is 0 Å². The van der Waals surface area contributed by atoms with E-state index in [0.29, 0.717) is 23.4 Å². The number of nitro groups is 1. The number of nitro benzene ring substituents is 1. The Morgan fingerprint density at radius 1 is 1.32 bits per heavy atom. The van der Waals surface area contributed by atoms with E-state index in [1.807, 2.05) is 26.0 Å². The molecular formula is C16H17N3O3. The van der Waals surface area contributed by atoms with Gasteiger partial charge in [0.05, 0.1) is 16.3 Å². The summed E-state index contributed by atoms with van der Waals surface area (Å²) in [6.45, 7) is 3.86. The zero-order valence-corrected chi connectivity index (χ0v) is 12.4. The third-order valence-electron chi connectivity index (χ3n) is 3.17. The van der Waals surface area contributed by atoms with Gasteiger partial charge in [0.15, 0.2) is 0 Å². The number of phenolic OH excluding ortho intramolecular Hbond substituents is 1. The van der Waals surface area contributed by atoms with Gasteiger partial charge in [-0.05, 0) is 31.5 Å². The van der Waals surface area contributed by atoms with Gasteiger partial charge in [-0.1, -0.05) is 24.6 Å². The van der Waals surface area contributed by atoms with Crippen molar-refractivity contribution in [3.8, 4) is 5.75 Å². The summed E-state index contributed by atoms with van der Waals surface area (Å²) in [6.07, 6.45) is 0.610. The molecule has 6 nitrogen and oxygen atoms in total. The normalized spacial score (nSPS) is 11.3. The van der Waals surface area contributed by atoms with Gasteiger partial charge in [0.25, 0.3) is 5.69 Å². The largest absolute Gasteiger partial charge is 0.507 e. The van der Waals surface area contributed by atoms with Crippen LogP contribution in [-0.4, -0.2) is 15.7 Å². The molecule has 0 atom stereocenters. The number of anilines is 1. The average molecular weight is 299 g/mol. The number of phenols is 1. The third kappa shape index (κ3) is 3.60. The molecule has 0 aliphatic carbocycles. The lowest BCUT2D eigenvalue weighted by Crippen LogP contribution is -2.04. The van der Waals surface area contributed by atoms with Crippen LogP contribution in [0.2, 0.25) is 0 Å². The first-order chi connectivity index (χ1) is 10.5. The molecule has 0 fully saturated rings. The number of hydrogen-bond donors (Lipinski definition) is 2. The molecule has 22 heavy (non-hydrogen) atoms. The Bertz CT molecular complexity index is 726. The van der Waals surface area contributed by atoms with Gasteiger partial charge < -0.3 is 5.11 Å². The van der Waals surface area contributed by atoms with Crippen molar-refractivity contribution in [2.45, 2.75) is 20.3 Å².